The number of fused-ring (bicyclic) bond motifs is 2. The van der Waals surface area contributed by atoms with Crippen molar-refractivity contribution in [2.24, 2.45) is 0 Å². The third kappa shape index (κ3) is 4.65. The quantitative estimate of drug-likeness (QED) is 0.379. The van der Waals surface area contributed by atoms with Crippen molar-refractivity contribution < 1.29 is 14.3 Å². The monoisotopic (exact) mass is 491 g/mol. The topological polar surface area (TPSA) is 113 Å². The van der Waals surface area contributed by atoms with Crippen molar-refractivity contribution in [3.05, 3.63) is 77.4 Å². The van der Waals surface area contributed by atoms with E-state index in [9.17, 15) is 9.59 Å². The lowest BCUT2D eigenvalue weighted by atomic mass is 10.1. The first-order chi connectivity index (χ1) is 16.5. The average molecular weight is 492 g/mol. The SMILES string of the molecule is COc1cc(C(=O)N2CCCCc3ccccc32)ccc1C(=O)Nc1cccc2[nH]c(N)nc12.Cl. The normalized spacial score (nSPS) is 12.9. The predicted octanol–water partition coefficient (Wildman–Crippen LogP) is 4.81. The number of halogens is 1. The summed E-state index contributed by atoms with van der Waals surface area (Å²) < 4.78 is 5.49. The molecule has 0 spiro atoms. The van der Waals surface area contributed by atoms with Crippen LogP contribution in [0.4, 0.5) is 17.3 Å². The first kappa shape index (κ1) is 24.1. The molecule has 0 atom stereocenters. The molecule has 4 N–H and O–H groups in total. The maximum Gasteiger partial charge on any atom is 0.259 e. The van der Waals surface area contributed by atoms with Gasteiger partial charge in [0, 0.05) is 17.8 Å². The summed E-state index contributed by atoms with van der Waals surface area (Å²) in [6.45, 7) is 0.650. The zero-order chi connectivity index (χ0) is 23.7. The summed E-state index contributed by atoms with van der Waals surface area (Å²) in [5.41, 5.74) is 10.5. The van der Waals surface area contributed by atoms with Crippen LogP contribution in [-0.4, -0.2) is 35.4 Å². The highest BCUT2D eigenvalue weighted by molar-refractivity contribution is 6.11. The Bertz CT molecular complexity index is 1400. The second-order valence-corrected chi connectivity index (χ2v) is 8.24. The van der Waals surface area contributed by atoms with Gasteiger partial charge < -0.3 is 25.7 Å². The Balaban J connectivity index is 0.00000289. The molecule has 0 aliphatic carbocycles. The molecule has 8 nitrogen and oxygen atoms in total. The van der Waals surface area contributed by atoms with E-state index in [4.69, 9.17) is 10.5 Å². The fraction of sp³-hybridized carbons (Fsp3) is 0.192. The Morgan fingerprint density at radius 2 is 1.91 bits per heavy atom. The molecular formula is C26H26ClN5O3. The second kappa shape index (κ2) is 10.1. The van der Waals surface area contributed by atoms with Gasteiger partial charge >= 0.3 is 0 Å². The number of anilines is 3. The lowest BCUT2D eigenvalue weighted by Crippen LogP contribution is -2.31. The highest BCUT2D eigenvalue weighted by Crippen LogP contribution is 2.30. The van der Waals surface area contributed by atoms with Crippen molar-refractivity contribution in [2.75, 3.05) is 29.6 Å². The molecule has 9 heteroatoms. The second-order valence-electron chi connectivity index (χ2n) is 8.24. The van der Waals surface area contributed by atoms with Gasteiger partial charge in [0.05, 0.1) is 23.9 Å². The maximum absolute atomic E-state index is 13.5. The molecule has 0 unspecified atom stereocenters. The van der Waals surface area contributed by atoms with E-state index in [1.165, 1.54) is 12.7 Å². The molecule has 0 radical (unpaired) electrons. The molecule has 4 aromatic rings. The number of carbonyl (C=O) groups excluding carboxylic acids is 2. The number of nitrogens with zero attached hydrogens (tertiary/aromatic N) is 2. The van der Waals surface area contributed by atoms with Crippen LogP contribution in [0.2, 0.25) is 0 Å². The van der Waals surface area contributed by atoms with E-state index < -0.39 is 0 Å². The Morgan fingerprint density at radius 3 is 2.74 bits per heavy atom. The summed E-state index contributed by atoms with van der Waals surface area (Å²) in [6.07, 6.45) is 2.93. The van der Waals surface area contributed by atoms with Crippen LogP contribution < -0.4 is 20.7 Å². The Labute approximate surface area is 208 Å². The van der Waals surface area contributed by atoms with Crippen molar-refractivity contribution in [3.63, 3.8) is 0 Å². The number of nitrogens with two attached hydrogens (primary N) is 1. The molecule has 180 valence electrons. The average Bonchev–Trinajstić information content (AvgIpc) is 3.11. The van der Waals surface area contributed by atoms with Crippen LogP contribution in [0.25, 0.3) is 11.0 Å². The highest BCUT2D eigenvalue weighted by Gasteiger charge is 2.24. The summed E-state index contributed by atoms with van der Waals surface area (Å²) in [5.74, 6) is 0.105. The van der Waals surface area contributed by atoms with Crippen LogP contribution in [0.1, 0.15) is 39.1 Å². The third-order valence-corrected chi connectivity index (χ3v) is 6.08. The van der Waals surface area contributed by atoms with Gasteiger partial charge in [-0.25, -0.2) is 4.98 Å². The number of rotatable bonds is 4. The number of aromatic amines is 1. The van der Waals surface area contributed by atoms with Gasteiger partial charge in [0.2, 0.25) is 0 Å². The number of H-pyrrole nitrogens is 1. The molecule has 0 saturated carbocycles. The number of para-hydroxylation sites is 2. The van der Waals surface area contributed by atoms with Gasteiger partial charge in [-0.05, 0) is 61.2 Å². The number of aryl methyl sites for hydroxylation is 1. The van der Waals surface area contributed by atoms with E-state index in [0.717, 1.165) is 30.5 Å². The van der Waals surface area contributed by atoms with Gasteiger partial charge in [-0.1, -0.05) is 24.3 Å². The minimum absolute atomic E-state index is 0. The molecule has 1 aliphatic rings. The largest absolute Gasteiger partial charge is 0.496 e. The number of carbonyl (C=O) groups is 2. The Kier molecular flexibility index (Phi) is 6.93. The molecule has 35 heavy (non-hydrogen) atoms. The maximum atomic E-state index is 13.5. The standard InChI is InChI=1S/C26H25N5O3.ClH/c1-34-22-15-17(25(33)31-14-5-4-8-16-7-2-3-11-21(16)31)12-13-18(22)24(32)28-19-9-6-10-20-23(19)30-26(27)29-20;/h2-3,6-7,9-13,15H,4-5,8,14H2,1H3,(H,28,32)(H3,27,29,30);1H. The van der Waals surface area contributed by atoms with Crippen LogP contribution in [0.5, 0.6) is 5.75 Å². The summed E-state index contributed by atoms with van der Waals surface area (Å²) in [4.78, 5) is 35.5. The number of hydrogen-bond donors (Lipinski definition) is 3. The summed E-state index contributed by atoms with van der Waals surface area (Å²) in [5, 5.41) is 2.87. The van der Waals surface area contributed by atoms with Gasteiger partial charge in [0.15, 0.2) is 5.95 Å². The van der Waals surface area contributed by atoms with Crippen LogP contribution in [0.15, 0.2) is 60.7 Å². The number of nitrogens with one attached hydrogen (secondary N) is 2. The van der Waals surface area contributed by atoms with E-state index in [1.54, 1.807) is 30.3 Å². The van der Waals surface area contributed by atoms with Crippen molar-refractivity contribution in [2.45, 2.75) is 19.3 Å². The molecule has 0 bridgehead atoms. The van der Waals surface area contributed by atoms with E-state index >= 15 is 0 Å². The van der Waals surface area contributed by atoms with E-state index in [-0.39, 0.29) is 30.2 Å². The first-order valence-corrected chi connectivity index (χ1v) is 11.2. The molecule has 1 aliphatic heterocycles. The van der Waals surface area contributed by atoms with Gasteiger partial charge in [0.25, 0.3) is 11.8 Å². The number of amides is 2. The number of ether oxygens (including phenoxy) is 1. The van der Waals surface area contributed by atoms with Gasteiger partial charge in [0.1, 0.15) is 11.3 Å². The Hall–Kier alpha value is -4.04. The van der Waals surface area contributed by atoms with Crippen molar-refractivity contribution >= 4 is 52.6 Å². The molecule has 0 saturated heterocycles. The van der Waals surface area contributed by atoms with Crippen molar-refractivity contribution in [3.8, 4) is 5.75 Å². The number of methoxy groups -OCH3 is 1. The zero-order valence-electron chi connectivity index (χ0n) is 19.2. The number of imidazole rings is 1. The Morgan fingerprint density at radius 1 is 1.09 bits per heavy atom. The first-order valence-electron chi connectivity index (χ1n) is 11.2. The molecule has 0 fully saturated rings. The van der Waals surface area contributed by atoms with Crippen LogP contribution >= 0.6 is 12.4 Å². The lowest BCUT2D eigenvalue weighted by molar-refractivity contribution is 0.0982. The molecular weight excluding hydrogens is 466 g/mol. The van der Waals surface area contributed by atoms with Crippen LogP contribution in [0, 0.1) is 0 Å². The molecule has 1 aromatic heterocycles. The fourth-order valence-corrected chi connectivity index (χ4v) is 4.41. The van der Waals surface area contributed by atoms with Gasteiger partial charge in [-0.2, -0.15) is 0 Å². The van der Waals surface area contributed by atoms with Crippen LogP contribution in [0.3, 0.4) is 0 Å². The van der Waals surface area contributed by atoms with Crippen molar-refractivity contribution in [1.82, 2.24) is 9.97 Å². The smallest absolute Gasteiger partial charge is 0.259 e. The van der Waals surface area contributed by atoms with E-state index in [0.29, 0.717) is 34.6 Å². The zero-order valence-corrected chi connectivity index (χ0v) is 20.0. The molecule has 2 heterocycles. The lowest BCUT2D eigenvalue weighted by Gasteiger charge is -2.23. The summed E-state index contributed by atoms with van der Waals surface area (Å²) in [6, 6.07) is 18.3. The van der Waals surface area contributed by atoms with E-state index in [1.807, 2.05) is 29.2 Å². The molecule has 5 rings (SSSR count). The number of hydrogen-bond acceptors (Lipinski definition) is 5. The number of aromatic nitrogens is 2. The molecule has 3 aromatic carbocycles. The van der Waals surface area contributed by atoms with Crippen LogP contribution in [-0.2, 0) is 6.42 Å². The number of benzene rings is 3. The third-order valence-electron chi connectivity index (χ3n) is 6.08. The van der Waals surface area contributed by atoms with Crippen molar-refractivity contribution in [1.29, 1.82) is 0 Å². The van der Waals surface area contributed by atoms with E-state index in [2.05, 4.69) is 21.4 Å². The highest BCUT2D eigenvalue weighted by atomic mass is 35.5. The summed E-state index contributed by atoms with van der Waals surface area (Å²) >= 11 is 0. The predicted molar refractivity (Wildman–Crippen MR) is 140 cm³/mol. The number of nitrogen functional groups attached to an aromatic ring is 1. The minimum Gasteiger partial charge on any atom is -0.496 e. The molecule has 2 amide bonds. The van der Waals surface area contributed by atoms with Gasteiger partial charge in [-0.3, -0.25) is 9.59 Å². The van der Waals surface area contributed by atoms with Gasteiger partial charge in [-0.15, -0.1) is 12.4 Å². The fourth-order valence-electron chi connectivity index (χ4n) is 4.41. The summed E-state index contributed by atoms with van der Waals surface area (Å²) in [7, 11) is 1.48. The minimum atomic E-state index is -0.370.